The van der Waals surface area contributed by atoms with E-state index < -0.39 is 5.97 Å². The van der Waals surface area contributed by atoms with Gasteiger partial charge in [0.1, 0.15) is 7.85 Å². The Labute approximate surface area is 78.8 Å². The standard InChI is InChI=1S/C7H16BN3O2/c1-10-7(9)11-4-2-3-5(8)6(12)13/h5H,2-4,8H2,1H3,(H,12,13)(H3,9,10,11). The number of aliphatic carboxylic acids is 1. The third-order valence-electron chi connectivity index (χ3n) is 1.79. The number of guanidine groups is 1. The van der Waals surface area contributed by atoms with Crippen LogP contribution in [0.4, 0.5) is 0 Å². The molecule has 0 aliphatic heterocycles. The van der Waals surface area contributed by atoms with E-state index in [-0.39, 0.29) is 11.8 Å². The Morgan fingerprint density at radius 1 is 1.69 bits per heavy atom. The summed E-state index contributed by atoms with van der Waals surface area (Å²) in [4.78, 5) is 10.4. The minimum atomic E-state index is -0.760. The minimum absolute atomic E-state index is 0.267. The van der Waals surface area contributed by atoms with Gasteiger partial charge in [0, 0.05) is 19.4 Å². The van der Waals surface area contributed by atoms with Crippen LogP contribution < -0.4 is 10.6 Å². The lowest BCUT2D eigenvalue weighted by Gasteiger charge is -2.08. The third-order valence-corrected chi connectivity index (χ3v) is 1.79. The highest BCUT2D eigenvalue weighted by Crippen LogP contribution is 2.07. The van der Waals surface area contributed by atoms with Gasteiger partial charge < -0.3 is 15.7 Å². The van der Waals surface area contributed by atoms with Crippen molar-refractivity contribution in [3.63, 3.8) is 0 Å². The maximum Gasteiger partial charge on any atom is 0.298 e. The lowest BCUT2D eigenvalue weighted by Crippen LogP contribution is -2.34. The molecule has 0 bridgehead atoms. The normalized spacial score (nSPS) is 11.8. The summed E-state index contributed by atoms with van der Waals surface area (Å²) in [6.45, 7) is 0.636. The summed E-state index contributed by atoms with van der Waals surface area (Å²) in [5.74, 6) is -0.794. The van der Waals surface area contributed by atoms with Gasteiger partial charge in [0.25, 0.3) is 5.97 Å². The van der Waals surface area contributed by atoms with Crippen LogP contribution in [0.5, 0.6) is 0 Å². The molecule has 0 radical (unpaired) electrons. The minimum Gasteiger partial charge on any atom is -0.482 e. The maximum absolute atomic E-state index is 10.4. The lowest BCUT2D eigenvalue weighted by atomic mass is 9.84. The van der Waals surface area contributed by atoms with Crippen molar-refractivity contribution < 1.29 is 9.90 Å². The second kappa shape index (κ2) is 6.34. The number of nitrogens with one attached hydrogen (secondary N) is 3. The summed E-state index contributed by atoms with van der Waals surface area (Å²) >= 11 is 0. The van der Waals surface area contributed by atoms with Crippen LogP contribution in [-0.4, -0.2) is 38.5 Å². The molecule has 0 heterocycles. The highest BCUT2D eigenvalue weighted by molar-refractivity contribution is 6.22. The number of hydrogen-bond acceptors (Lipinski definition) is 2. The summed E-state index contributed by atoms with van der Waals surface area (Å²) in [6.07, 6.45) is 1.40. The summed E-state index contributed by atoms with van der Waals surface area (Å²) in [5.41, 5.74) is 0. The highest BCUT2D eigenvalue weighted by Gasteiger charge is 2.09. The van der Waals surface area contributed by atoms with E-state index in [1.54, 1.807) is 14.9 Å². The predicted octanol–water partition coefficient (Wildman–Crippen LogP) is -0.983. The molecule has 0 saturated heterocycles. The van der Waals surface area contributed by atoms with E-state index in [1.165, 1.54) is 0 Å². The number of rotatable bonds is 5. The van der Waals surface area contributed by atoms with E-state index >= 15 is 0 Å². The van der Waals surface area contributed by atoms with Gasteiger partial charge in [-0.05, 0) is 12.8 Å². The Kier molecular flexibility index (Phi) is 5.75. The molecule has 6 heteroatoms. The summed E-state index contributed by atoms with van der Waals surface area (Å²) < 4.78 is 0. The Hall–Kier alpha value is -1.20. The van der Waals surface area contributed by atoms with Crippen LogP contribution >= 0.6 is 0 Å². The molecule has 0 amide bonds. The van der Waals surface area contributed by atoms with Gasteiger partial charge in [0.05, 0.1) is 0 Å². The Morgan fingerprint density at radius 3 is 2.77 bits per heavy atom. The van der Waals surface area contributed by atoms with E-state index in [0.29, 0.717) is 13.0 Å². The Morgan fingerprint density at radius 2 is 2.31 bits per heavy atom. The van der Waals surface area contributed by atoms with E-state index in [4.69, 9.17) is 10.5 Å². The number of carbonyl (C=O) groups is 1. The second-order valence-corrected chi connectivity index (χ2v) is 2.93. The summed E-state index contributed by atoms with van der Waals surface area (Å²) in [5, 5.41) is 21.2. The largest absolute Gasteiger partial charge is 0.482 e. The van der Waals surface area contributed by atoms with E-state index in [1.807, 2.05) is 0 Å². The molecule has 0 aromatic carbocycles. The van der Waals surface area contributed by atoms with Crippen LogP contribution in [0.25, 0.3) is 0 Å². The topological polar surface area (TPSA) is 85.2 Å². The number of hydrogen-bond donors (Lipinski definition) is 4. The van der Waals surface area contributed by atoms with Gasteiger partial charge in [-0.1, -0.05) is 0 Å². The zero-order valence-electron chi connectivity index (χ0n) is 8.05. The van der Waals surface area contributed by atoms with Crippen molar-refractivity contribution in [2.75, 3.05) is 13.6 Å². The van der Waals surface area contributed by atoms with Gasteiger partial charge in [-0.15, -0.1) is 0 Å². The van der Waals surface area contributed by atoms with Crippen molar-refractivity contribution >= 4 is 19.8 Å². The molecule has 0 spiro atoms. The summed E-state index contributed by atoms with van der Waals surface area (Å²) in [6, 6.07) is 0. The van der Waals surface area contributed by atoms with Crippen molar-refractivity contribution in [3.8, 4) is 0 Å². The Balaban J connectivity index is 3.35. The van der Waals surface area contributed by atoms with Gasteiger partial charge >= 0.3 is 0 Å². The maximum atomic E-state index is 10.4. The van der Waals surface area contributed by atoms with Crippen molar-refractivity contribution in [1.29, 1.82) is 5.41 Å². The first kappa shape index (κ1) is 11.8. The quantitative estimate of drug-likeness (QED) is 0.192. The molecule has 0 saturated carbocycles. The Bertz CT molecular complexity index is 187. The van der Waals surface area contributed by atoms with Crippen LogP contribution in [0.15, 0.2) is 0 Å². The van der Waals surface area contributed by atoms with Crippen molar-refractivity contribution in [2.45, 2.75) is 18.7 Å². The monoisotopic (exact) mass is 185 g/mol. The SMILES string of the molecule is BC(CCCNC(=N)NC)C(=O)O. The fraction of sp³-hybridized carbons (Fsp3) is 0.714. The molecule has 0 rings (SSSR count). The number of carboxylic acid groups (broad SMARTS) is 1. The fourth-order valence-electron chi connectivity index (χ4n) is 0.834. The summed E-state index contributed by atoms with van der Waals surface area (Å²) in [7, 11) is 3.35. The van der Waals surface area contributed by atoms with Gasteiger partial charge in [-0.25, -0.2) is 0 Å². The van der Waals surface area contributed by atoms with Gasteiger partial charge in [-0.2, -0.15) is 0 Å². The zero-order chi connectivity index (χ0) is 10.3. The first-order valence-corrected chi connectivity index (χ1v) is 4.31. The molecule has 0 aromatic heterocycles. The second-order valence-electron chi connectivity index (χ2n) is 2.93. The zero-order valence-corrected chi connectivity index (χ0v) is 8.05. The molecule has 0 fully saturated rings. The highest BCUT2D eigenvalue weighted by atomic mass is 16.4. The molecule has 1 unspecified atom stereocenters. The first-order valence-electron chi connectivity index (χ1n) is 4.31. The molecule has 0 aromatic rings. The molecular weight excluding hydrogens is 169 g/mol. The van der Waals surface area contributed by atoms with E-state index in [0.717, 1.165) is 6.42 Å². The van der Waals surface area contributed by atoms with Gasteiger partial charge in [0.2, 0.25) is 0 Å². The van der Waals surface area contributed by atoms with Crippen LogP contribution in [-0.2, 0) is 4.79 Å². The lowest BCUT2D eigenvalue weighted by molar-refractivity contribution is -0.137. The van der Waals surface area contributed by atoms with Crippen molar-refractivity contribution in [1.82, 2.24) is 10.6 Å². The average molecular weight is 185 g/mol. The van der Waals surface area contributed by atoms with E-state index in [2.05, 4.69) is 10.6 Å². The third kappa shape index (κ3) is 6.01. The van der Waals surface area contributed by atoms with E-state index in [9.17, 15) is 4.79 Å². The molecule has 13 heavy (non-hydrogen) atoms. The van der Waals surface area contributed by atoms with Crippen molar-refractivity contribution in [2.24, 2.45) is 0 Å². The molecule has 0 aliphatic rings. The smallest absolute Gasteiger partial charge is 0.298 e. The van der Waals surface area contributed by atoms with Gasteiger partial charge in [0.15, 0.2) is 5.96 Å². The molecule has 4 N–H and O–H groups in total. The van der Waals surface area contributed by atoms with Crippen LogP contribution in [0.1, 0.15) is 12.8 Å². The predicted molar refractivity (Wildman–Crippen MR) is 54.0 cm³/mol. The fourth-order valence-corrected chi connectivity index (χ4v) is 0.834. The molecule has 0 aliphatic carbocycles. The van der Waals surface area contributed by atoms with Crippen LogP contribution in [0.2, 0.25) is 5.82 Å². The average Bonchev–Trinajstić information content (AvgIpc) is 2.11. The van der Waals surface area contributed by atoms with Gasteiger partial charge in [-0.3, -0.25) is 10.2 Å². The van der Waals surface area contributed by atoms with Crippen LogP contribution in [0.3, 0.4) is 0 Å². The molecular formula is C7H16BN3O2. The molecule has 74 valence electrons. The van der Waals surface area contributed by atoms with Crippen molar-refractivity contribution in [3.05, 3.63) is 0 Å². The molecule has 1 atom stereocenters. The first-order chi connectivity index (χ1) is 6.07. The number of carboxylic acids is 1. The van der Waals surface area contributed by atoms with Crippen LogP contribution in [0, 0.1) is 5.41 Å². The molecule has 5 nitrogen and oxygen atoms in total.